The molecule has 2 amide bonds. The van der Waals surface area contributed by atoms with E-state index in [2.05, 4.69) is 0 Å². The third-order valence-corrected chi connectivity index (χ3v) is 6.55. The van der Waals surface area contributed by atoms with Gasteiger partial charge in [-0.05, 0) is 41.8 Å². The number of carbonyl (C=O) groups excluding carboxylic acids is 2. The fourth-order valence-electron chi connectivity index (χ4n) is 4.02. The van der Waals surface area contributed by atoms with Crippen molar-refractivity contribution in [3.63, 3.8) is 0 Å². The molecule has 3 unspecified atom stereocenters. The average molecular weight is 456 g/mol. The number of amides is 2. The van der Waals surface area contributed by atoms with Crippen LogP contribution in [0.15, 0.2) is 66.0 Å². The van der Waals surface area contributed by atoms with Gasteiger partial charge in [0.25, 0.3) is 11.6 Å². The largest absolute Gasteiger partial charge is 0.293 e. The predicted molar refractivity (Wildman–Crippen MR) is 115 cm³/mol. The second-order valence-electron chi connectivity index (χ2n) is 7.07. The van der Waals surface area contributed by atoms with E-state index in [9.17, 15) is 19.7 Å². The SMILES string of the molecule is O=C1C2ON(c3ccc(Cl)cc3)C(c3cccs3)C2C(=O)N1c1ccccc1[N+](=O)[O-]. The number of rotatable bonds is 4. The van der Waals surface area contributed by atoms with Crippen LogP contribution in [0.4, 0.5) is 17.1 Å². The molecule has 2 fully saturated rings. The van der Waals surface area contributed by atoms with Gasteiger partial charge in [-0.2, -0.15) is 0 Å². The third-order valence-electron chi connectivity index (χ3n) is 5.35. The first kappa shape index (κ1) is 19.7. The molecule has 2 saturated heterocycles. The molecule has 3 aromatic rings. The summed E-state index contributed by atoms with van der Waals surface area (Å²) >= 11 is 7.44. The van der Waals surface area contributed by atoms with Gasteiger partial charge in [0.05, 0.1) is 10.6 Å². The van der Waals surface area contributed by atoms with Gasteiger partial charge in [-0.25, -0.2) is 9.96 Å². The number of thiophene rings is 1. The molecule has 5 rings (SSSR count). The molecular weight excluding hydrogens is 442 g/mol. The van der Waals surface area contributed by atoms with Crippen molar-refractivity contribution in [2.24, 2.45) is 5.92 Å². The second kappa shape index (κ2) is 7.45. The Labute approximate surface area is 185 Å². The summed E-state index contributed by atoms with van der Waals surface area (Å²) in [5.41, 5.74) is 0.282. The highest BCUT2D eigenvalue weighted by molar-refractivity contribution is 7.10. The maximum atomic E-state index is 13.5. The van der Waals surface area contributed by atoms with Crippen molar-refractivity contribution in [3.8, 4) is 0 Å². The van der Waals surface area contributed by atoms with E-state index < -0.39 is 34.8 Å². The van der Waals surface area contributed by atoms with Crippen LogP contribution in [0.2, 0.25) is 5.02 Å². The molecule has 0 spiro atoms. The highest BCUT2D eigenvalue weighted by atomic mass is 35.5. The highest BCUT2D eigenvalue weighted by Gasteiger charge is 2.61. The first-order valence-electron chi connectivity index (χ1n) is 9.33. The van der Waals surface area contributed by atoms with Gasteiger partial charge in [-0.3, -0.25) is 24.5 Å². The summed E-state index contributed by atoms with van der Waals surface area (Å²) in [4.78, 5) is 45.3. The van der Waals surface area contributed by atoms with Crippen LogP contribution in [-0.2, 0) is 14.4 Å². The number of anilines is 2. The van der Waals surface area contributed by atoms with Crippen molar-refractivity contribution in [1.29, 1.82) is 0 Å². The van der Waals surface area contributed by atoms with Crippen molar-refractivity contribution >= 4 is 51.8 Å². The summed E-state index contributed by atoms with van der Waals surface area (Å²) in [6.45, 7) is 0. The Morgan fingerprint density at radius 3 is 2.42 bits per heavy atom. The van der Waals surface area contributed by atoms with E-state index in [1.54, 1.807) is 35.4 Å². The Bertz CT molecular complexity index is 1180. The fourth-order valence-corrected chi connectivity index (χ4v) is 5.00. The molecule has 10 heteroatoms. The second-order valence-corrected chi connectivity index (χ2v) is 8.49. The molecule has 2 aromatic carbocycles. The lowest BCUT2D eigenvalue weighted by molar-refractivity contribution is -0.384. The molecule has 0 bridgehead atoms. The number of nitro benzene ring substituents is 1. The molecule has 3 heterocycles. The molecule has 8 nitrogen and oxygen atoms in total. The van der Waals surface area contributed by atoms with E-state index >= 15 is 0 Å². The third kappa shape index (κ3) is 3.09. The van der Waals surface area contributed by atoms with Crippen LogP contribution in [0.3, 0.4) is 0 Å². The van der Waals surface area contributed by atoms with Gasteiger partial charge < -0.3 is 0 Å². The number of para-hydroxylation sites is 2. The Balaban J connectivity index is 1.58. The number of carbonyl (C=O) groups is 2. The molecule has 156 valence electrons. The maximum absolute atomic E-state index is 13.5. The Morgan fingerprint density at radius 1 is 1.00 bits per heavy atom. The van der Waals surface area contributed by atoms with Crippen LogP contribution in [-0.4, -0.2) is 22.8 Å². The van der Waals surface area contributed by atoms with Gasteiger partial charge in [-0.15, -0.1) is 11.3 Å². The lowest BCUT2D eigenvalue weighted by Gasteiger charge is -2.27. The molecule has 0 radical (unpaired) electrons. The van der Waals surface area contributed by atoms with E-state index in [0.717, 1.165) is 9.78 Å². The molecular formula is C21H14ClN3O5S. The van der Waals surface area contributed by atoms with Crippen LogP contribution in [0, 0.1) is 16.0 Å². The summed E-state index contributed by atoms with van der Waals surface area (Å²) < 4.78 is 0. The zero-order valence-corrected chi connectivity index (χ0v) is 17.3. The highest BCUT2D eigenvalue weighted by Crippen LogP contribution is 2.49. The normalized spacial score (nSPS) is 22.8. The molecule has 0 saturated carbocycles. The molecule has 2 aliphatic heterocycles. The summed E-state index contributed by atoms with van der Waals surface area (Å²) in [6.07, 6.45) is -1.09. The van der Waals surface area contributed by atoms with Crippen LogP contribution < -0.4 is 9.96 Å². The van der Waals surface area contributed by atoms with Gasteiger partial charge in [-0.1, -0.05) is 29.8 Å². The standard InChI is InChI=1S/C21H14ClN3O5S/c22-12-7-9-13(10-8-12)24-18(16-6-3-11-31-16)17-19(30-24)21(27)23(20(17)26)14-4-1-2-5-15(14)25(28)29/h1-11,17-19H. The lowest BCUT2D eigenvalue weighted by Crippen LogP contribution is -2.37. The molecule has 3 atom stereocenters. The Hall–Kier alpha value is -3.27. The minimum atomic E-state index is -1.09. The molecule has 31 heavy (non-hydrogen) atoms. The number of halogens is 1. The fraction of sp³-hybridized carbons (Fsp3) is 0.143. The van der Waals surface area contributed by atoms with Gasteiger partial charge in [0.15, 0.2) is 6.10 Å². The number of imide groups is 1. The van der Waals surface area contributed by atoms with Gasteiger partial charge in [0, 0.05) is 16.0 Å². The van der Waals surface area contributed by atoms with Gasteiger partial charge in [0.1, 0.15) is 17.6 Å². The minimum absolute atomic E-state index is 0.0523. The summed E-state index contributed by atoms with van der Waals surface area (Å²) in [7, 11) is 0. The van der Waals surface area contributed by atoms with Gasteiger partial charge in [0.2, 0.25) is 5.91 Å². The molecule has 2 aliphatic rings. The van der Waals surface area contributed by atoms with Crippen LogP contribution in [0.25, 0.3) is 0 Å². The predicted octanol–water partition coefficient (Wildman–Crippen LogP) is 4.36. The van der Waals surface area contributed by atoms with Crippen LogP contribution >= 0.6 is 22.9 Å². The first-order valence-corrected chi connectivity index (χ1v) is 10.6. The number of hydrogen-bond acceptors (Lipinski definition) is 7. The van der Waals surface area contributed by atoms with Crippen LogP contribution in [0.1, 0.15) is 10.9 Å². The number of fused-ring (bicyclic) bond motifs is 1. The topological polar surface area (TPSA) is 93.0 Å². The molecule has 0 aliphatic carbocycles. The van der Waals surface area contributed by atoms with E-state index in [-0.39, 0.29) is 11.4 Å². The van der Waals surface area contributed by atoms with Crippen LogP contribution in [0.5, 0.6) is 0 Å². The van der Waals surface area contributed by atoms with E-state index in [4.69, 9.17) is 16.4 Å². The number of hydroxylamine groups is 1. The van der Waals surface area contributed by atoms with E-state index in [1.165, 1.54) is 29.5 Å². The number of nitro groups is 1. The maximum Gasteiger partial charge on any atom is 0.293 e. The van der Waals surface area contributed by atoms with Crippen molar-refractivity contribution < 1.29 is 19.3 Å². The summed E-state index contributed by atoms with van der Waals surface area (Å²) in [5, 5.41) is 15.4. The van der Waals surface area contributed by atoms with Crippen molar-refractivity contribution in [3.05, 3.63) is 86.1 Å². The number of benzene rings is 2. The van der Waals surface area contributed by atoms with Crippen molar-refractivity contribution in [2.45, 2.75) is 12.1 Å². The quantitative estimate of drug-likeness (QED) is 0.329. The molecule has 0 N–H and O–H groups in total. The minimum Gasteiger partial charge on any atom is -0.273 e. The summed E-state index contributed by atoms with van der Waals surface area (Å²) in [5.74, 6) is -2.00. The zero-order chi connectivity index (χ0) is 21.7. The summed E-state index contributed by atoms with van der Waals surface area (Å²) in [6, 6.07) is 15.8. The van der Waals surface area contributed by atoms with Gasteiger partial charge >= 0.3 is 0 Å². The lowest BCUT2D eigenvalue weighted by atomic mass is 9.95. The zero-order valence-electron chi connectivity index (χ0n) is 15.8. The van der Waals surface area contributed by atoms with E-state index in [0.29, 0.717) is 10.7 Å². The number of hydrogen-bond donors (Lipinski definition) is 0. The first-order chi connectivity index (χ1) is 15.0. The average Bonchev–Trinajstić information content (AvgIpc) is 3.46. The Kier molecular flexibility index (Phi) is 4.73. The van der Waals surface area contributed by atoms with E-state index in [1.807, 2.05) is 17.5 Å². The monoisotopic (exact) mass is 455 g/mol. The van der Waals surface area contributed by atoms with Crippen molar-refractivity contribution in [2.75, 3.05) is 9.96 Å². The Morgan fingerprint density at radius 2 is 1.74 bits per heavy atom. The smallest absolute Gasteiger partial charge is 0.273 e. The number of nitrogens with zero attached hydrogens (tertiary/aromatic N) is 3. The van der Waals surface area contributed by atoms with Crippen molar-refractivity contribution in [1.82, 2.24) is 0 Å². The molecule has 1 aromatic heterocycles.